The van der Waals surface area contributed by atoms with E-state index in [1.165, 1.54) is 34.9 Å². The van der Waals surface area contributed by atoms with Gasteiger partial charge in [-0.15, -0.1) is 0 Å². The molecule has 0 saturated heterocycles. The van der Waals surface area contributed by atoms with Crippen molar-refractivity contribution in [1.29, 1.82) is 0 Å². The van der Waals surface area contributed by atoms with Crippen LogP contribution < -0.4 is 5.32 Å². The van der Waals surface area contributed by atoms with Crippen molar-refractivity contribution in [3.63, 3.8) is 0 Å². The Labute approximate surface area is 100 Å². The Morgan fingerprint density at radius 2 is 2.20 bits per heavy atom. The van der Waals surface area contributed by atoms with E-state index < -0.39 is 0 Å². The minimum absolute atomic E-state index is 0.587. The molecule has 0 radical (unpaired) electrons. The maximum absolute atomic E-state index is 3.63. The Hall–Kier alpha value is -0.340. The van der Waals surface area contributed by atoms with Gasteiger partial charge in [-0.2, -0.15) is 0 Å². The van der Waals surface area contributed by atoms with Gasteiger partial charge in [-0.05, 0) is 36.5 Å². The first-order valence-corrected chi connectivity index (χ1v) is 6.48. The fourth-order valence-corrected chi connectivity index (χ4v) is 2.98. The van der Waals surface area contributed by atoms with Crippen molar-refractivity contribution in [2.45, 2.75) is 45.2 Å². The maximum Gasteiger partial charge on any atom is 0.0210 e. The van der Waals surface area contributed by atoms with Gasteiger partial charge in [-0.1, -0.05) is 41.9 Å². The SMILES string of the molecule is CC(C)NC1CCc2c(Br)cccc2C1. The Morgan fingerprint density at radius 1 is 1.40 bits per heavy atom. The van der Waals surface area contributed by atoms with Crippen molar-refractivity contribution < 1.29 is 0 Å². The van der Waals surface area contributed by atoms with E-state index in [1.54, 1.807) is 0 Å². The molecule has 1 aromatic carbocycles. The van der Waals surface area contributed by atoms with Gasteiger partial charge in [-0.3, -0.25) is 0 Å². The van der Waals surface area contributed by atoms with Crippen LogP contribution in [0.3, 0.4) is 0 Å². The maximum atomic E-state index is 3.63. The van der Waals surface area contributed by atoms with Crippen LogP contribution in [0.2, 0.25) is 0 Å². The zero-order chi connectivity index (χ0) is 10.8. The lowest BCUT2D eigenvalue weighted by molar-refractivity contribution is 0.421. The fourth-order valence-electron chi connectivity index (χ4n) is 2.37. The Morgan fingerprint density at radius 3 is 2.93 bits per heavy atom. The highest BCUT2D eigenvalue weighted by atomic mass is 79.9. The third-order valence-corrected chi connectivity index (χ3v) is 3.74. The number of hydrogen-bond acceptors (Lipinski definition) is 1. The van der Waals surface area contributed by atoms with Gasteiger partial charge < -0.3 is 5.32 Å². The zero-order valence-corrected chi connectivity index (χ0v) is 11.0. The molecule has 1 unspecified atom stereocenters. The van der Waals surface area contributed by atoms with Gasteiger partial charge in [0.1, 0.15) is 0 Å². The van der Waals surface area contributed by atoms with Crippen LogP contribution in [-0.4, -0.2) is 12.1 Å². The fraction of sp³-hybridized carbons (Fsp3) is 0.538. The normalized spacial score (nSPS) is 20.4. The molecule has 82 valence electrons. The summed E-state index contributed by atoms with van der Waals surface area (Å²) >= 11 is 3.63. The van der Waals surface area contributed by atoms with Crippen molar-refractivity contribution in [2.75, 3.05) is 0 Å². The average Bonchev–Trinajstić information content (AvgIpc) is 2.17. The van der Waals surface area contributed by atoms with E-state index in [-0.39, 0.29) is 0 Å². The van der Waals surface area contributed by atoms with Crippen molar-refractivity contribution in [3.05, 3.63) is 33.8 Å². The second-order valence-corrected chi connectivity index (χ2v) is 5.49. The monoisotopic (exact) mass is 267 g/mol. The van der Waals surface area contributed by atoms with E-state index in [9.17, 15) is 0 Å². The molecule has 1 aliphatic rings. The second kappa shape index (κ2) is 4.67. The molecule has 2 heteroatoms. The van der Waals surface area contributed by atoms with Crippen LogP contribution in [0.4, 0.5) is 0 Å². The predicted molar refractivity (Wildman–Crippen MR) is 68.2 cm³/mol. The molecule has 1 N–H and O–H groups in total. The Balaban J connectivity index is 2.13. The number of halogens is 1. The quantitative estimate of drug-likeness (QED) is 0.867. The molecule has 0 bridgehead atoms. The van der Waals surface area contributed by atoms with Crippen LogP contribution in [0.1, 0.15) is 31.4 Å². The average molecular weight is 268 g/mol. The van der Waals surface area contributed by atoms with E-state index in [4.69, 9.17) is 0 Å². The standard InChI is InChI=1S/C13H18BrN/c1-9(2)15-11-6-7-12-10(8-11)4-3-5-13(12)14/h3-5,9,11,15H,6-8H2,1-2H3. The highest BCUT2D eigenvalue weighted by Gasteiger charge is 2.19. The van der Waals surface area contributed by atoms with Gasteiger partial charge in [0.05, 0.1) is 0 Å². The number of benzene rings is 1. The van der Waals surface area contributed by atoms with Gasteiger partial charge in [0, 0.05) is 16.6 Å². The first-order chi connectivity index (χ1) is 7.16. The number of rotatable bonds is 2. The summed E-state index contributed by atoms with van der Waals surface area (Å²) in [5.41, 5.74) is 3.02. The van der Waals surface area contributed by atoms with Crippen LogP contribution in [0.25, 0.3) is 0 Å². The van der Waals surface area contributed by atoms with E-state index in [2.05, 4.69) is 53.3 Å². The summed E-state index contributed by atoms with van der Waals surface area (Å²) in [6.07, 6.45) is 3.63. The van der Waals surface area contributed by atoms with Crippen molar-refractivity contribution in [1.82, 2.24) is 5.32 Å². The summed E-state index contributed by atoms with van der Waals surface area (Å²) in [7, 11) is 0. The third-order valence-electron chi connectivity index (χ3n) is 2.99. The molecule has 0 heterocycles. The molecular weight excluding hydrogens is 250 g/mol. The molecule has 2 rings (SSSR count). The van der Waals surface area contributed by atoms with E-state index in [1.807, 2.05) is 0 Å². The molecule has 0 aromatic heterocycles. The second-order valence-electron chi connectivity index (χ2n) is 4.64. The predicted octanol–water partition coefficient (Wildman–Crippen LogP) is 3.30. The summed E-state index contributed by atoms with van der Waals surface area (Å²) in [5, 5.41) is 3.63. The lowest BCUT2D eigenvalue weighted by Gasteiger charge is -2.27. The molecule has 0 aliphatic heterocycles. The molecule has 1 atom stereocenters. The number of fused-ring (bicyclic) bond motifs is 1. The van der Waals surface area contributed by atoms with Crippen LogP contribution >= 0.6 is 15.9 Å². The van der Waals surface area contributed by atoms with Crippen LogP contribution in [0.15, 0.2) is 22.7 Å². The van der Waals surface area contributed by atoms with E-state index in [0.29, 0.717) is 12.1 Å². The van der Waals surface area contributed by atoms with Gasteiger partial charge >= 0.3 is 0 Å². The minimum Gasteiger partial charge on any atom is -0.311 e. The van der Waals surface area contributed by atoms with Gasteiger partial charge in [0.2, 0.25) is 0 Å². The molecule has 1 aliphatic carbocycles. The van der Waals surface area contributed by atoms with Gasteiger partial charge in [0.25, 0.3) is 0 Å². The molecule has 1 nitrogen and oxygen atoms in total. The minimum atomic E-state index is 0.587. The molecule has 0 amide bonds. The molecule has 0 fully saturated rings. The Kier molecular flexibility index (Phi) is 3.47. The number of hydrogen-bond donors (Lipinski definition) is 1. The van der Waals surface area contributed by atoms with Gasteiger partial charge in [-0.25, -0.2) is 0 Å². The topological polar surface area (TPSA) is 12.0 Å². The molecule has 0 saturated carbocycles. The lowest BCUT2D eigenvalue weighted by Crippen LogP contribution is -2.38. The molecule has 15 heavy (non-hydrogen) atoms. The first-order valence-electron chi connectivity index (χ1n) is 5.69. The van der Waals surface area contributed by atoms with E-state index >= 15 is 0 Å². The summed E-state index contributed by atoms with van der Waals surface area (Å²) in [4.78, 5) is 0. The lowest BCUT2D eigenvalue weighted by atomic mass is 9.88. The largest absolute Gasteiger partial charge is 0.311 e. The summed E-state index contributed by atoms with van der Waals surface area (Å²) in [6, 6.07) is 7.79. The van der Waals surface area contributed by atoms with Crippen molar-refractivity contribution in [3.8, 4) is 0 Å². The van der Waals surface area contributed by atoms with Crippen LogP contribution in [0, 0.1) is 0 Å². The highest BCUT2D eigenvalue weighted by Crippen LogP contribution is 2.28. The first kappa shape index (κ1) is 11.2. The zero-order valence-electron chi connectivity index (χ0n) is 9.39. The van der Waals surface area contributed by atoms with E-state index in [0.717, 1.165) is 0 Å². The van der Waals surface area contributed by atoms with Crippen molar-refractivity contribution >= 4 is 15.9 Å². The van der Waals surface area contributed by atoms with Gasteiger partial charge in [0.15, 0.2) is 0 Å². The van der Waals surface area contributed by atoms with Crippen LogP contribution in [0.5, 0.6) is 0 Å². The summed E-state index contributed by atoms with van der Waals surface area (Å²) in [6.45, 7) is 4.44. The van der Waals surface area contributed by atoms with Crippen LogP contribution in [-0.2, 0) is 12.8 Å². The Bertz CT molecular complexity index is 346. The third kappa shape index (κ3) is 2.61. The number of nitrogens with one attached hydrogen (secondary N) is 1. The highest BCUT2D eigenvalue weighted by molar-refractivity contribution is 9.10. The molecular formula is C13H18BrN. The smallest absolute Gasteiger partial charge is 0.0210 e. The molecule has 0 spiro atoms. The summed E-state index contributed by atoms with van der Waals surface area (Å²) < 4.78 is 1.28. The molecule has 1 aromatic rings. The van der Waals surface area contributed by atoms with Crippen molar-refractivity contribution in [2.24, 2.45) is 0 Å². The summed E-state index contributed by atoms with van der Waals surface area (Å²) in [5.74, 6) is 0.